The van der Waals surface area contributed by atoms with Crippen LogP contribution in [0.1, 0.15) is 52.9 Å². The zero-order valence-electron chi connectivity index (χ0n) is 14.9. The van der Waals surface area contributed by atoms with Gasteiger partial charge in [0.1, 0.15) is 17.5 Å². The average molecular weight is 356 g/mol. The van der Waals surface area contributed by atoms with Crippen molar-refractivity contribution in [3.8, 4) is 0 Å². The second-order valence-corrected chi connectivity index (χ2v) is 8.74. The Morgan fingerprint density at radius 3 is 2.67 bits per heavy atom. The van der Waals surface area contributed by atoms with Crippen molar-refractivity contribution in [2.24, 2.45) is 17.8 Å². The maximum Gasteiger partial charge on any atom is 0.372 e. The molecule has 2 aliphatic rings. The van der Waals surface area contributed by atoms with E-state index in [1.54, 1.807) is 0 Å². The van der Waals surface area contributed by atoms with E-state index in [1.807, 2.05) is 0 Å². The van der Waals surface area contributed by atoms with Crippen molar-refractivity contribution in [3.63, 3.8) is 0 Å². The lowest BCUT2D eigenvalue weighted by Gasteiger charge is -2.37. The van der Waals surface area contributed by atoms with E-state index in [-0.39, 0.29) is 12.1 Å². The summed E-state index contributed by atoms with van der Waals surface area (Å²) in [6.45, 7) is 10.4. The van der Waals surface area contributed by atoms with Gasteiger partial charge in [0.15, 0.2) is 6.04 Å². The van der Waals surface area contributed by atoms with Crippen molar-refractivity contribution in [3.05, 3.63) is 12.7 Å². The summed E-state index contributed by atoms with van der Waals surface area (Å²) in [7, 11) is 0. The Labute approximate surface area is 148 Å². The molecule has 24 heavy (non-hydrogen) atoms. The fraction of sp³-hybridized carbons (Fsp3) is 0.778. The van der Waals surface area contributed by atoms with E-state index in [0.717, 1.165) is 25.3 Å². The molecule has 1 heterocycles. The highest BCUT2D eigenvalue weighted by Crippen LogP contribution is 2.36. The highest BCUT2D eigenvalue weighted by atomic mass is 32.2. The number of esters is 1. The zero-order chi connectivity index (χ0) is 17.9. The minimum atomic E-state index is -1.85. The highest BCUT2D eigenvalue weighted by Gasteiger charge is 2.44. The molecule has 136 valence electrons. The molecule has 0 bridgehead atoms. The van der Waals surface area contributed by atoms with Crippen LogP contribution in [0, 0.1) is 17.8 Å². The first kappa shape index (κ1) is 19.5. The minimum absolute atomic E-state index is 0.0766. The van der Waals surface area contributed by atoms with Gasteiger partial charge in [-0.2, -0.15) is 0 Å². The molecule has 3 unspecified atom stereocenters. The van der Waals surface area contributed by atoms with Gasteiger partial charge in [0.25, 0.3) is 0 Å². The lowest BCUT2D eigenvalue weighted by atomic mass is 9.75. The van der Waals surface area contributed by atoms with E-state index in [1.165, 1.54) is 10.7 Å². The van der Waals surface area contributed by atoms with Gasteiger partial charge in [-0.25, -0.2) is 4.79 Å². The van der Waals surface area contributed by atoms with E-state index in [9.17, 15) is 14.1 Å². The molecule has 0 N–H and O–H groups in total. The second kappa shape index (κ2) is 8.50. The summed E-state index contributed by atoms with van der Waals surface area (Å²) in [5.41, 5.74) is 0. The topological polar surface area (TPSA) is 69.7 Å². The third-order valence-corrected chi connectivity index (χ3v) is 6.63. The van der Waals surface area contributed by atoms with Crippen LogP contribution in [0.15, 0.2) is 12.7 Å². The lowest BCUT2D eigenvalue weighted by molar-refractivity contribution is -0.159. The molecular weight excluding hydrogens is 326 g/mol. The van der Waals surface area contributed by atoms with Gasteiger partial charge < -0.3 is 9.29 Å². The van der Waals surface area contributed by atoms with Gasteiger partial charge >= 0.3 is 11.1 Å². The van der Waals surface area contributed by atoms with E-state index in [0.29, 0.717) is 30.7 Å². The molecule has 5 atom stereocenters. The van der Waals surface area contributed by atoms with Crippen LogP contribution in [0.4, 0.5) is 0 Å². The highest BCUT2D eigenvalue weighted by molar-refractivity contribution is 8.04. The molecule has 1 saturated heterocycles. The third kappa shape index (κ3) is 4.41. The van der Waals surface area contributed by atoms with Crippen molar-refractivity contribution in [1.82, 2.24) is 4.31 Å². The number of hydrogen-bond donors (Lipinski definition) is 0. The quantitative estimate of drug-likeness (QED) is 0.431. The molecule has 0 aromatic rings. The largest absolute Gasteiger partial charge is 0.590 e. The van der Waals surface area contributed by atoms with Gasteiger partial charge in [0, 0.05) is 12.6 Å². The summed E-state index contributed by atoms with van der Waals surface area (Å²) < 4.78 is 19.5. The van der Waals surface area contributed by atoms with Crippen molar-refractivity contribution in [1.29, 1.82) is 0 Å². The third-order valence-electron chi connectivity index (χ3n) is 5.26. The number of ether oxygens (including phenoxy) is 1. The van der Waals surface area contributed by atoms with Crippen LogP contribution < -0.4 is 0 Å². The van der Waals surface area contributed by atoms with Crippen molar-refractivity contribution in [2.75, 3.05) is 6.54 Å². The smallest absolute Gasteiger partial charge is 0.372 e. The predicted octanol–water partition coefficient (Wildman–Crippen LogP) is 2.83. The SMILES string of the molecule is C=CC(=O)[S+]([O-])N1CCC[C@@H]1C(=O)O[C@@H]1CC(C)CCC1C(C)C. The molecule has 0 aromatic heterocycles. The maximum atomic E-state index is 12.7. The molecule has 2 fully saturated rings. The summed E-state index contributed by atoms with van der Waals surface area (Å²) in [5.74, 6) is 1.06. The summed E-state index contributed by atoms with van der Waals surface area (Å²) in [5, 5.41) is -0.555. The number of carbonyl (C=O) groups is 2. The predicted molar refractivity (Wildman–Crippen MR) is 94.3 cm³/mol. The van der Waals surface area contributed by atoms with Gasteiger partial charge in [-0.1, -0.05) is 33.8 Å². The Bertz CT molecular complexity index is 482. The van der Waals surface area contributed by atoms with Crippen LogP contribution >= 0.6 is 0 Å². The summed E-state index contributed by atoms with van der Waals surface area (Å²) in [6.07, 6.45) is 5.43. The Morgan fingerprint density at radius 1 is 1.33 bits per heavy atom. The first-order valence-corrected chi connectivity index (χ1v) is 10.0. The maximum absolute atomic E-state index is 12.7. The second-order valence-electron chi connectivity index (χ2n) is 7.37. The Hall–Kier alpha value is -0.850. The molecule has 0 radical (unpaired) electrons. The Kier molecular flexibility index (Phi) is 6.89. The molecule has 2 rings (SSSR count). The average Bonchev–Trinajstić information content (AvgIpc) is 3.02. The first-order chi connectivity index (χ1) is 11.3. The van der Waals surface area contributed by atoms with Crippen LogP contribution in [0.3, 0.4) is 0 Å². The van der Waals surface area contributed by atoms with Crippen LogP contribution in [0.2, 0.25) is 0 Å². The molecule has 1 saturated carbocycles. The number of rotatable bonds is 5. The molecule has 0 aromatic carbocycles. The summed E-state index contributed by atoms with van der Waals surface area (Å²) in [4.78, 5) is 24.3. The van der Waals surface area contributed by atoms with E-state index >= 15 is 0 Å². The standard InChI is InChI=1S/C18H29NO4S/c1-5-17(20)24(22)19-10-6-7-15(19)18(21)23-16-11-13(4)8-9-14(16)12(2)3/h5,12-16H,1,6-11H2,2-4H3/t13?,14?,15-,16-,24?/m1/s1. The van der Waals surface area contributed by atoms with Crippen LogP contribution in [-0.2, 0) is 25.7 Å². The Balaban J connectivity index is 2.04. The van der Waals surface area contributed by atoms with Gasteiger partial charge in [0.05, 0.1) is 0 Å². The fourth-order valence-corrected chi connectivity index (χ4v) is 4.93. The van der Waals surface area contributed by atoms with Crippen molar-refractivity contribution >= 4 is 22.4 Å². The van der Waals surface area contributed by atoms with Gasteiger partial charge in [-0.05, 0) is 43.4 Å². The number of hydrogen-bond acceptors (Lipinski definition) is 5. The number of carbonyl (C=O) groups excluding carboxylic acids is 2. The van der Waals surface area contributed by atoms with E-state index in [4.69, 9.17) is 4.74 Å². The van der Waals surface area contributed by atoms with Gasteiger partial charge in [0.2, 0.25) is 0 Å². The summed E-state index contributed by atoms with van der Waals surface area (Å²) in [6, 6.07) is -0.584. The molecular formula is C18H29NO4S. The first-order valence-electron chi connectivity index (χ1n) is 8.90. The normalized spacial score (nSPS) is 32.5. The summed E-state index contributed by atoms with van der Waals surface area (Å²) >= 11 is -1.85. The molecule has 1 aliphatic heterocycles. The fourth-order valence-electron chi connectivity index (χ4n) is 3.84. The van der Waals surface area contributed by atoms with E-state index < -0.39 is 22.5 Å². The molecule has 0 spiro atoms. The molecule has 1 aliphatic carbocycles. The van der Waals surface area contributed by atoms with Gasteiger partial charge in [-0.3, -0.25) is 4.79 Å². The van der Waals surface area contributed by atoms with Crippen LogP contribution in [0.5, 0.6) is 0 Å². The van der Waals surface area contributed by atoms with Crippen molar-refractivity contribution < 1.29 is 18.9 Å². The lowest BCUT2D eigenvalue weighted by Crippen LogP contribution is -2.46. The zero-order valence-corrected chi connectivity index (χ0v) is 15.7. The van der Waals surface area contributed by atoms with Crippen LogP contribution in [0.25, 0.3) is 0 Å². The monoisotopic (exact) mass is 355 g/mol. The molecule has 6 heteroatoms. The molecule has 0 amide bonds. The van der Waals surface area contributed by atoms with Crippen molar-refractivity contribution in [2.45, 2.75) is 65.0 Å². The Morgan fingerprint density at radius 2 is 2.04 bits per heavy atom. The minimum Gasteiger partial charge on any atom is -0.590 e. The van der Waals surface area contributed by atoms with E-state index in [2.05, 4.69) is 27.4 Å². The molecule has 5 nitrogen and oxygen atoms in total. The van der Waals surface area contributed by atoms with Crippen LogP contribution in [-0.4, -0.2) is 38.6 Å². The number of nitrogens with zero attached hydrogens (tertiary/aromatic N) is 1. The van der Waals surface area contributed by atoms with Gasteiger partial charge in [-0.15, -0.1) is 4.31 Å².